The van der Waals surface area contributed by atoms with Crippen LogP contribution in [0.15, 0.2) is 24.3 Å². The average Bonchev–Trinajstić information content (AvgIpc) is 2.02. The SMILES string of the molecule is CN(c1ccccc1F)[Si](C)(C)C. The molecular weight excluding hydrogens is 181 g/mol. The van der Waals surface area contributed by atoms with E-state index in [0.717, 1.165) is 0 Å². The molecule has 3 heteroatoms. The van der Waals surface area contributed by atoms with E-state index >= 15 is 0 Å². The molecule has 1 aromatic carbocycles. The highest BCUT2D eigenvalue weighted by atomic mass is 28.3. The molecule has 0 aliphatic rings. The standard InChI is InChI=1S/C10H16FNSi/c1-12(13(2,3)4)10-8-6-5-7-9(10)11/h5-8H,1-4H3. The maximum atomic E-state index is 13.4. The van der Waals surface area contributed by atoms with Gasteiger partial charge in [0.15, 0.2) is 0 Å². The Morgan fingerprint density at radius 2 is 1.69 bits per heavy atom. The fourth-order valence-corrected chi connectivity index (χ4v) is 1.99. The second-order valence-corrected chi connectivity index (χ2v) is 9.19. The van der Waals surface area contributed by atoms with Crippen molar-refractivity contribution in [2.45, 2.75) is 19.6 Å². The molecule has 0 aliphatic carbocycles. The van der Waals surface area contributed by atoms with Crippen LogP contribution in [0.3, 0.4) is 0 Å². The smallest absolute Gasteiger partial charge is 0.147 e. The third-order valence-corrected chi connectivity index (χ3v) is 4.47. The molecule has 1 rings (SSSR count). The van der Waals surface area contributed by atoms with Gasteiger partial charge in [0.2, 0.25) is 0 Å². The van der Waals surface area contributed by atoms with Crippen LogP contribution in [0, 0.1) is 5.82 Å². The zero-order valence-corrected chi connectivity index (χ0v) is 9.63. The van der Waals surface area contributed by atoms with E-state index in [9.17, 15) is 4.39 Å². The molecule has 0 fully saturated rings. The van der Waals surface area contributed by atoms with Crippen LogP contribution in [0.4, 0.5) is 10.1 Å². The summed E-state index contributed by atoms with van der Waals surface area (Å²) >= 11 is 0. The molecule has 72 valence electrons. The molecule has 0 spiro atoms. The summed E-state index contributed by atoms with van der Waals surface area (Å²) < 4.78 is 15.4. The largest absolute Gasteiger partial charge is 0.398 e. The summed E-state index contributed by atoms with van der Waals surface area (Å²) in [5, 5.41) is 0. The van der Waals surface area contributed by atoms with Gasteiger partial charge in [-0.2, -0.15) is 0 Å². The monoisotopic (exact) mass is 197 g/mol. The molecule has 0 radical (unpaired) electrons. The number of hydrogen-bond acceptors (Lipinski definition) is 1. The van der Waals surface area contributed by atoms with Gasteiger partial charge in [-0.15, -0.1) is 0 Å². The summed E-state index contributed by atoms with van der Waals surface area (Å²) in [4.78, 5) is 0. The number of rotatable bonds is 2. The number of hydrogen-bond donors (Lipinski definition) is 0. The first-order valence-corrected chi connectivity index (χ1v) is 7.86. The minimum absolute atomic E-state index is 0.132. The first-order valence-electron chi connectivity index (χ1n) is 4.41. The lowest BCUT2D eigenvalue weighted by molar-refractivity contribution is 0.628. The van der Waals surface area contributed by atoms with E-state index in [1.54, 1.807) is 6.07 Å². The normalized spacial score (nSPS) is 11.5. The maximum absolute atomic E-state index is 13.4. The molecule has 0 aromatic heterocycles. The number of nitrogens with zero attached hydrogens (tertiary/aromatic N) is 1. The Labute approximate surface area is 80.3 Å². The van der Waals surface area contributed by atoms with Crippen molar-refractivity contribution in [2.24, 2.45) is 0 Å². The van der Waals surface area contributed by atoms with Gasteiger partial charge in [0.1, 0.15) is 14.1 Å². The molecule has 0 heterocycles. The molecule has 1 nitrogen and oxygen atoms in total. The van der Waals surface area contributed by atoms with Crippen molar-refractivity contribution < 1.29 is 4.39 Å². The fraction of sp³-hybridized carbons (Fsp3) is 0.400. The van der Waals surface area contributed by atoms with Gasteiger partial charge in [-0.3, -0.25) is 0 Å². The van der Waals surface area contributed by atoms with E-state index < -0.39 is 8.24 Å². The Morgan fingerprint density at radius 3 is 2.15 bits per heavy atom. The maximum Gasteiger partial charge on any atom is 0.147 e. The molecular formula is C10H16FNSi. The van der Waals surface area contributed by atoms with Gasteiger partial charge in [-0.1, -0.05) is 31.8 Å². The van der Waals surface area contributed by atoms with Crippen LogP contribution in [0.2, 0.25) is 19.6 Å². The van der Waals surface area contributed by atoms with E-state index in [1.165, 1.54) is 6.07 Å². The van der Waals surface area contributed by atoms with Gasteiger partial charge in [0, 0.05) is 0 Å². The van der Waals surface area contributed by atoms with Crippen LogP contribution in [0.25, 0.3) is 0 Å². The number of benzene rings is 1. The highest BCUT2D eigenvalue weighted by molar-refractivity contribution is 6.79. The molecule has 0 atom stereocenters. The van der Waals surface area contributed by atoms with Gasteiger partial charge in [-0.25, -0.2) is 4.39 Å². The van der Waals surface area contributed by atoms with Crippen molar-refractivity contribution in [3.63, 3.8) is 0 Å². The minimum Gasteiger partial charge on any atom is -0.398 e. The fourth-order valence-electron chi connectivity index (χ4n) is 1.09. The van der Waals surface area contributed by atoms with Gasteiger partial charge in [0.25, 0.3) is 0 Å². The lowest BCUT2D eigenvalue weighted by Gasteiger charge is -2.32. The molecule has 0 amide bonds. The van der Waals surface area contributed by atoms with E-state index in [1.807, 2.05) is 19.2 Å². The summed E-state index contributed by atoms with van der Waals surface area (Å²) in [5.41, 5.74) is 0.710. The summed E-state index contributed by atoms with van der Waals surface area (Å²) in [5.74, 6) is -0.132. The van der Waals surface area contributed by atoms with Crippen molar-refractivity contribution in [3.8, 4) is 0 Å². The van der Waals surface area contributed by atoms with Crippen LogP contribution >= 0.6 is 0 Å². The van der Waals surface area contributed by atoms with Crippen LogP contribution in [0.1, 0.15) is 0 Å². The second-order valence-electron chi connectivity index (χ2n) is 4.18. The van der Waals surface area contributed by atoms with Crippen LogP contribution in [-0.4, -0.2) is 15.3 Å². The summed E-state index contributed by atoms with van der Waals surface area (Å²) in [6.45, 7) is 6.58. The Kier molecular flexibility index (Phi) is 2.76. The topological polar surface area (TPSA) is 3.24 Å². The van der Waals surface area contributed by atoms with Gasteiger partial charge >= 0.3 is 0 Å². The molecule has 13 heavy (non-hydrogen) atoms. The van der Waals surface area contributed by atoms with Crippen molar-refractivity contribution in [3.05, 3.63) is 30.1 Å². The first kappa shape index (κ1) is 10.2. The predicted molar refractivity (Wildman–Crippen MR) is 58.1 cm³/mol. The van der Waals surface area contributed by atoms with Gasteiger partial charge < -0.3 is 4.57 Å². The van der Waals surface area contributed by atoms with Gasteiger partial charge in [-0.05, 0) is 19.2 Å². The molecule has 0 aliphatic heterocycles. The third kappa shape index (κ3) is 2.31. The van der Waals surface area contributed by atoms with Crippen LogP contribution in [0.5, 0.6) is 0 Å². The quantitative estimate of drug-likeness (QED) is 0.659. The van der Waals surface area contributed by atoms with E-state index in [4.69, 9.17) is 0 Å². The Morgan fingerprint density at radius 1 is 1.15 bits per heavy atom. The zero-order chi connectivity index (χ0) is 10.1. The van der Waals surface area contributed by atoms with Crippen molar-refractivity contribution in [1.82, 2.24) is 0 Å². The zero-order valence-electron chi connectivity index (χ0n) is 8.63. The molecule has 1 aromatic rings. The van der Waals surface area contributed by atoms with E-state index in [2.05, 4.69) is 24.2 Å². The van der Waals surface area contributed by atoms with Crippen molar-refractivity contribution in [2.75, 3.05) is 11.6 Å². The van der Waals surface area contributed by atoms with Crippen molar-refractivity contribution in [1.29, 1.82) is 0 Å². The minimum atomic E-state index is -1.44. The first-order chi connectivity index (χ1) is 5.93. The number of para-hydroxylation sites is 1. The molecule has 0 bridgehead atoms. The van der Waals surface area contributed by atoms with Crippen LogP contribution in [-0.2, 0) is 0 Å². The third-order valence-electron chi connectivity index (χ3n) is 2.22. The highest BCUT2D eigenvalue weighted by Crippen LogP contribution is 2.22. The molecule has 0 unspecified atom stereocenters. The Hall–Kier alpha value is -0.833. The Balaban J connectivity index is 3.02. The second kappa shape index (κ2) is 3.50. The number of halogens is 1. The summed E-state index contributed by atoms with van der Waals surface area (Å²) in [6.07, 6.45) is 0. The highest BCUT2D eigenvalue weighted by Gasteiger charge is 2.22. The predicted octanol–water partition coefficient (Wildman–Crippen LogP) is 3.10. The molecule has 0 N–H and O–H groups in total. The lowest BCUT2D eigenvalue weighted by Crippen LogP contribution is -2.43. The molecule has 0 saturated carbocycles. The summed E-state index contributed by atoms with van der Waals surface area (Å²) in [6, 6.07) is 6.92. The number of anilines is 1. The molecule has 0 saturated heterocycles. The average molecular weight is 197 g/mol. The Bertz CT molecular complexity index is 293. The van der Waals surface area contributed by atoms with Gasteiger partial charge in [0.05, 0.1) is 5.69 Å². The van der Waals surface area contributed by atoms with E-state index in [0.29, 0.717) is 5.69 Å². The summed E-state index contributed by atoms with van der Waals surface area (Å²) in [7, 11) is 0.523. The van der Waals surface area contributed by atoms with Crippen molar-refractivity contribution >= 4 is 13.9 Å². The van der Waals surface area contributed by atoms with Crippen LogP contribution < -0.4 is 4.57 Å². The lowest BCUT2D eigenvalue weighted by atomic mass is 10.3. The van der Waals surface area contributed by atoms with E-state index in [-0.39, 0.29) is 5.82 Å².